The van der Waals surface area contributed by atoms with Crippen molar-refractivity contribution in [3.05, 3.63) is 40.7 Å². The average molecular weight is 360 g/mol. The van der Waals surface area contributed by atoms with Crippen molar-refractivity contribution >= 4 is 17.4 Å². The second-order valence-electron chi connectivity index (χ2n) is 5.47. The summed E-state index contributed by atoms with van der Waals surface area (Å²) in [6.45, 7) is 3.94. The van der Waals surface area contributed by atoms with E-state index in [0.717, 1.165) is 12.1 Å². The second kappa shape index (κ2) is 7.36. The number of hydrogen-bond acceptors (Lipinski definition) is 4. The van der Waals surface area contributed by atoms with Crippen molar-refractivity contribution in [2.24, 2.45) is 0 Å². The maximum Gasteiger partial charge on any atom is 0.416 e. The zero-order chi connectivity index (χ0) is 17.9. The number of aliphatic hydroxyl groups excluding tert-OH is 1. The second-order valence-corrected chi connectivity index (χ2v) is 5.85. The molecule has 0 aliphatic rings. The molecule has 2 N–H and O–H groups in total. The fourth-order valence-corrected chi connectivity index (χ4v) is 2.28. The Morgan fingerprint density at radius 1 is 1.17 bits per heavy atom. The molecule has 8 heteroatoms. The van der Waals surface area contributed by atoms with Crippen molar-refractivity contribution in [1.82, 2.24) is 9.97 Å². The minimum Gasteiger partial charge on any atom is -0.395 e. The van der Waals surface area contributed by atoms with E-state index in [9.17, 15) is 13.2 Å². The molecule has 1 aromatic heterocycles. The van der Waals surface area contributed by atoms with Crippen molar-refractivity contribution in [2.75, 3.05) is 18.5 Å². The molecular formula is C16H17ClF3N3O. The van der Waals surface area contributed by atoms with Gasteiger partial charge >= 0.3 is 6.18 Å². The van der Waals surface area contributed by atoms with Crippen molar-refractivity contribution in [3.8, 4) is 11.3 Å². The van der Waals surface area contributed by atoms with Gasteiger partial charge in [0.1, 0.15) is 16.7 Å². The lowest BCUT2D eigenvalue weighted by atomic mass is 10.1. The van der Waals surface area contributed by atoms with Crippen molar-refractivity contribution in [3.63, 3.8) is 0 Å². The van der Waals surface area contributed by atoms with Gasteiger partial charge in [0, 0.05) is 18.0 Å². The van der Waals surface area contributed by atoms with Gasteiger partial charge in [-0.2, -0.15) is 13.2 Å². The SMILES string of the molecule is CC(C)c1nc(NCCO)c(Cl)c(-c2ccc(C(F)(F)F)cc2)n1. The number of aromatic nitrogens is 2. The van der Waals surface area contributed by atoms with Crippen LogP contribution in [0.25, 0.3) is 11.3 Å². The van der Waals surface area contributed by atoms with E-state index in [4.69, 9.17) is 16.7 Å². The first-order valence-corrected chi connectivity index (χ1v) is 7.71. The van der Waals surface area contributed by atoms with Crippen LogP contribution in [0.1, 0.15) is 31.2 Å². The first kappa shape index (κ1) is 18.5. The van der Waals surface area contributed by atoms with Gasteiger partial charge in [-0.3, -0.25) is 0 Å². The Kier molecular flexibility index (Phi) is 5.66. The van der Waals surface area contributed by atoms with E-state index >= 15 is 0 Å². The molecule has 0 saturated heterocycles. The molecule has 0 atom stereocenters. The van der Waals surface area contributed by atoms with Crippen LogP contribution in [0.3, 0.4) is 0 Å². The molecule has 1 aromatic carbocycles. The Balaban J connectivity index is 2.50. The Hall–Kier alpha value is -1.86. The van der Waals surface area contributed by atoms with Crippen LogP contribution in [0.5, 0.6) is 0 Å². The Labute approximate surface area is 142 Å². The molecule has 0 saturated carbocycles. The van der Waals surface area contributed by atoms with Crippen molar-refractivity contribution < 1.29 is 18.3 Å². The van der Waals surface area contributed by atoms with Crippen LogP contribution >= 0.6 is 11.6 Å². The number of rotatable bonds is 5. The largest absolute Gasteiger partial charge is 0.416 e. The normalized spacial score (nSPS) is 11.8. The van der Waals surface area contributed by atoms with Gasteiger partial charge in [0.05, 0.1) is 17.9 Å². The van der Waals surface area contributed by atoms with Crippen LogP contribution in [0, 0.1) is 0 Å². The van der Waals surface area contributed by atoms with E-state index in [1.807, 2.05) is 13.8 Å². The molecule has 4 nitrogen and oxygen atoms in total. The van der Waals surface area contributed by atoms with Crippen LogP contribution in [0.2, 0.25) is 5.02 Å². The number of hydrogen-bond donors (Lipinski definition) is 2. The zero-order valence-electron chi connectivity index (χ0n) is 13.2. The molecule has 0 radical (unpaired) electrons. The molecule has 0 aliphatic carbocycles. The van der Waals surface area contributed by atoms with Gasteiger partial charge in [-0.25, -0.2) is 9.97 Å². The van der Waals surface area contributed by atoms with E-state index < -0.39 is 11.7 Å². The minimum absolute atomic E-state index is 0.00476. The summed E-state index contributed by atoms with van der Waals surface area (Å²) < 4.78 is 38.1. The summed E-state index contributed by atoms with van der Waals surface area (Å²) in [6.07, 6.45) is -4.40. The third kappa shape index (κ3) is 4.15. The van der Waals surface area contributed by atoms with Gasteiger partial charge in [-0.1, -0.05) is 37.6 Å². The highest BCUT2D eigenvalue weighted by Gasteiger charge is 2.30. The molecule has 0 amide bonds. The van der Waals surface area contributed by atoms with Gasteiger partial charge in [0.25, 0.3) is 0 Å². The summed E-state index contributed by atoms with van der Waals surface area (Å²) in [5, 5.41) is 12.0. The quantitative estimate of drug-likeness (QED) is 0.833. The number of anilines is 1. The van der Waals surface area contributed by atoms with Crippen LogP contribution in [0.4, 0.5) is 19.0 Å². The van der Waals surface area contributed by atoms with E-state index in [1.165, 1.54) is 12.1 Å². The minimum atomic E-state index is -4.40. The predicted octanol–water partition coefficient (Wildman–Crippen LogP) is 4.34. The maximum atomic E-state index is 12.7. The van der Waals surface area contributed by atoms with E-state index in [0.29, 0.717) is 22.9 Å². The third-order valence-corrected chi connectivity index (χ3v) is 3.63. The Bertz CT molecular complexity index is 703. The van der Waals surface area contributed by atoms with Crippen molar-refractivity contribution in [2.45, 2.75) is 25.9 Å². The monoisotopic (exact) mass is 359 g/mol. The van der Waals surface area contributed by atoms with Gasteiger partial charge in [-0.05, 0) is 12.1 Å². The van der Waals surface area contributed by atoms with Crippen molar-refractivity contribution in [1.29, 1.82) is 0 Å². The summed E-state index contributed by atoms with van der Waals surface area (Å²) in [7, 11) is 0. The van der Waals surface area contributed by atoms with Gasteiger partial charge < -0.3 is 10.4 Å². The third-order valence-electron chi connectivity index (χ3n) is 3.27. The lowest BCUT2D eigenvalue weighted by Gasteiger charge is -2.14. The van der Waals surface area contributed by atoms with E-state index in [-0.39, 0.29) is 24.1 Å². The molecule has 1 heterocycles. The molecule has 2 aromatic rings. The fraction of sp³-hybridized carbons (Fsp3) is 0.375. The van der Waals surface area contributed by atoms with Crippen LogP contribution in [-0.2, 0) is 6.18 Å². The van der Waals surface area contributed by atoms with Gasteiger partial charge in [0.15, 0.2) is 0 Å². The molecular weight excluding hydrogens is 343 g/mol. The Morgan fingerprint density at radius 2 is 1.79 bits per heavy atom. The average Bonchev–Trinajstić information content (AvgIpc) is 2.53. The summed E-state index contributed by atoms with van der Waals surface area (Å²) in [6, 6.07) is 4.64. The molecule has 24 heavy (non-hydrogen) atoms. The van der Waals surface area contributed by atoms with Crippen LogP contribution < -0.4 is 5.32 Å². The predicted molar refractivity (Wildman–Crippen MR) is 87.1 cm³/mol. The zero-order valence-corrected chi connectivity index (χ0v) is 13.9. The summed E-state index contributed by atoms with van der Waals surface area (Å²) in [5.41, 5.74) is 0.0769. The number of aliphatic hydroxyl groups is 1. The number of alkyl halides is 3. The molecule has 130 valence electrons. The lowest BCUT2D eigenvalue weighted by Crippen LogP contribution is -2.11. The highest BCUT2D eigenvalue weighted by atomic mass is 35.5. The van der Waals surface area contributed by atoms with Crippen LogP contribution in [-0.4, -0.2) is 28.2 Å². The smallest absolute Gasteiger partial charge is 0.395 e. The number of halogens is 4. The van der Waals surface area contributed by atoms with Gasteiger partial charge in [-0.15, -0.1) is 0 Å². The molecule has 0 fully saturated rings. The molecule has 0 bridgehead atoms. The number of benzene rings is 1. The summed E-state index contributed by atoms with van der Waals surface area (Å²) in [5.74, 6) is 0.860. The van der Waals surface area contributed by atoms with Gasteiger partial charge in [0.2, 0.25) is 0 Å². The first-order valence-electron chi connectivity index (χ1n) is 7.33. The Morgan fingerprint density at radius 3 is 2.29 bits per heavy atom. The van der Waals surface area contributed by atoms with E-state index in [2.05, 4.69) is 15.3 Å². The summed E-state index contributed by atoms with van der Waals surface area (Å²) in [4.78, 5) is 8.68. The number of nitrogens with one attached hydrogen (secondary N) is 1. The highest BCUT2D eigenvalue weighted by Crippen LogP contribution is 2.35. The molecule has 0 spiro atoms. The maximum absolute atomic E-state index is 12.7. The number of nitrogens with zero attached hydrogens (tertiary/aromatic N) is 2. The topological polar surface area (TPSA) is 58.0 Å². The van der Waals surface area contributed by atoms with Crippen LogP contribution in [0.15, 0.2) is 24.3 Å². The molecule has 2 rings (SSSR count). The highest BCUT2D eigenvalue weighted by molar-refractivity contribution is 6.35. The first-order chi connectivity index (χ1) is 11.2. The summed E-state index contributed by atoms with van der Waals surface area (Å²) >= 11 is 6.29. The fourth-order valence-electron chi connectivity index (χ4n) is 2.02. The standard InChI is InChI=1S/C16H17ClF3N3O/c1-9(2)14-22-13(12(17)15(23-14)21-7-8-24)10-3-5-11(6-4-10)16(18,19)20/h3-6,9,24H,7-8H2,1-2H3,(H,21,22,23). The lowest BCUT2D eigenvalue weighted by molar-refractivity contribution is -0.137. The molecule has 0 aliphatic heterocycles. The molecule has 0 unspecified atom stereocenters. The van der Waals surface area contributed by atoms with E-state index in [1.54, 1.807) is 0 Å².